The Morgan fingerprint density at radius 2 is 2.03 bits per heavy atom. The van der Waals surface area contributed by atoms with Crippen LogP contribution in [0.15, 0.2) is 47.1 Å². The van der Waals surface area contributed by atoms with Crippen LogP contribution in [0.4, 0.5) is 0 Å². The van der Waals surface area contributed by atoms with E-state index in [4.69, 9.17) is 0 Å². The molecule has 0 heterocycles. The first-order valence-corrected chi connectivity index (χ1v) is 13.6. The van der Waals surface area contributed by atoms with Crippen molar-refractivity contribution >= 4 is 11.8 Å². The van der Waals surface area contributed by atoms with Crippen molar-refractivity contribution in [1.29, 1.82) is 0 Å². The van der Waals surface area contributed by atoms with Crippen LogP contribution < -0.4 is 0 Å². The zero-order valence-electron chi connectivity index (χ0n) is 20.6. The summed E-state index contributed by atoms with van der Waals surface area (Å²) in [6.45, 7) is 12.7. The molecule has 0 aromatic carbocycles. The summed E-state index contributed by atoms with van der Waals surface area (Å²) >= 11 is 2.07. The summed E-state index contributed by atoms with van der Waals surface area (Å²) in [5.74, 6) is 1.71. The molecule has 3 N–H and O–H groups in total. The van der Waals surface area contributed by atoms with Gasteiger partial charge in [0.1, 0.15) is 0 Å². The van der Waals surface area contributed by atoms with Gasteiger partial charge in [-0.25, -0.2) is 0 Å². The Morgan fingerprint density at radius 1 is 1.28 bits per heavy atom. The van der Waals surface area contributed by atoms with Crippen LogP contribution in [0.3, 0.4) is 0 Å². The molecule has 3 aliphatic carbocycles. The molecule has 0 radical (unpaired) electrons. The molecule has 0 aromatic heterocycles. The number of aliphatic hydroxyl groups is 3. The lowest BCUT2D eigenvalue weighted by Gasteiger charge is -2.42. The van der Waals surface area contributed by atoms with Gasteiger partial charge in [0, 0.05) is 11.7 Å². The highest BCUT2D eigenvalue weighted by atomic mass is 32.2. The van der Waals surface area contributed by atoms with Gasteiger partial charge in [-0.05, 0) is 100 Å². The number of aliphatic hydroxyl groups excluding tert-OH is 2. The average Bonchev–Trinajstić information content (AvgIpc) is 3.06. The van der Waals surface area contributed by atoms with Gasteiger partial charge in [0.05, 0.1) is 17.8 Å². The minimum absolute atomic E-state index is 0.241. The van der Waals surface area contributed by atoms with Crippen LogP contribution in [0, 0.1) is 11.3 Å². The molecule has 5 atom stereocenters. The second-order valence-electron chi connectivity index (χ2n) is 11.1. The van der Waals surface area contributed by atoms with E-state index in [1.165, 1.54) is 18.4 Å². The lowest BCUT2D eigenvalue weighted by atomic mass is 9.64. The van der Waals surface area contributed by atoms with Crippen LogP contribution in [-0.4, -0.2) is 44.1 Å². The molecule has 3 aliphatic rings. The second-order valence-corrected chi connectivity index (χ2v) is 12.5. The second kappa shape index (κ2) is 10.6. The van der Waals surface area contributed by atoms with E-state index in [0.29, 0.717) is 24.0 Å². The van der Waals surface area contributed by atoms with Crippen LogP contribution >= 0.6 is 11.8 Å². The van der Waals surface area contributed by atoms with E-state index in [1.54, 1.807) is 5.57 Å². The van der Waals surface area contributed by atoms with E-state index in [0.717, 1.165) is 49.0 Å². The average molecular weight is 461 g/mol. The molecule has 2 saturated carbocycles. The van der Waals surface area contributed by atoms with E-state index < -0.39 is 17.8 Å². The van der Waals surface area contributed by atoms with Crippen LogP contribution in [0.2, 0.25) is 0 Å². The van der Waals surface area contributed by atoms with Crippen LogP contribution in [-0.2, 0) is 0 Å². The Morgan fingerprint density at radius 3 is 2.75 bits per heavy atom. The Hall–Kier alpha value is -0.810. The molecule has 2 fully saturated rings. The fourth-order valence-electron chi connectivity index (χ4n) is 5.96. The van der Waals surface area contributed by atoms with Crippen LogP contribution in [0.25, 0.3) is 0 Å². The van der Waals surface area contributed by atoms with Crippen molar-refractivity contribution in [2.45, 2.75) is 109 Å². The summed E-state index contributed by atoms with van der Waals surface area (Å²) in [7, 11) is 0. The molecule has 3 nitrogen and oxygen atoms in total. The standard InChI is InChI=1S/C28H44O3S/c1-19-22(17-23(29)18-26(19)30)11-10-21-9-8-15-28(5)24(12-13-25(21)28)20(2)32-16-7-6-14-27(3,4)31/h10-12,20,23,25-26,29-31H,1,6-9,13-18H2,2-5H3/t20-,23-,25+,26+,28-/m1/s1. The summed E-state index contributed by atoms with van der Waals surface area (Å²) in [5, 5.41) is 30.6. The molecular weight excluding hydrogens is 416 g/mol. The smallest absolute Gasteiger partial charge is 0.0811 e. The molecule has 0 saturated heterocycles. The third kappa shape index (κ3) is 6.20. The lowest BCUT2D eigenvalue weighted by molar-refractivity contribution is 0.0687. The highest BCUT2D eigenvalue weighted by Crippen LogP contribution is 2.56. The molecule has 180 valence electrons. The first kappa shape index (κ1) is 25.8. The fourth-order valence-corrected chi connectivity index (χ4v) is 7.23. The van der Waals surface area contributed by atoms with Gasteiger partial charge in [0.25, 0.3) is 0 Å². The Labute approximate surface area is 199 Å². The van der Waals surface area contributed by atoms with E-state index in [1.807, 2.05) is 13.8 Å². The van der Waals surface area contributed by atoms with Gasteiger partial charge in [-0.2, -0.15) is 11.8 Å². The number of unbranched alkanes of at least 4 members (excludes halogenated alkanes) is 1. The number of rotatable bonds is 8. The van der Waals surface area contributed by atoms with E-state index in [-0.39, 0.29) is 5.41 Å². The molecule has 0 aromatic rings. The highest BCUT2D eigenvalue weighted by Gasteiger charge is 2.46. The number of fused-ring (bicyclic) bond motifs is 1. The van der Waals surface area contributed by atoms with Crippen molar-refractivity contribution in [3.63, 3.8) is 0 Å². The van der Waals surface area contributed by atoms with Gasteiger partial charge in [-0.3, -0.25) is 0 Å². The number of hydrogen-bond acceptors (Lipinski definition) is 4. The first-order valence-electron chi connectivity index (χ1n) is 12.5. The van der Waals surface area contributed by atoms with Gasteiger partial charge in [-0.1, -0.05) is 42.9 Å². The normalized spacial score (nSPS) is 34.7. The minimum atomic E-state index is -0.624. The van der Waals surface area contributed by atoms with Crippen molar-refractivity contribution < 1.29 is 15.3 Å². The van der Waals surface area contributed by atoms with E-state index in [9.17, 15) is 15.3 Å². The Bertz CT molecular complexity index is 772. The zero-order chi connectivity index (χ0) is 23.5. The van der Waals surface area contributed by atoms with Crippen LogP contribution in [0.1, 0.15) is 85.5 Å². The molecule has 4 heteroatoms. The third-order valence-electron chi connectivity index (χ3n) is 7.86. The van der Waals surface area contributed by atoms with Gasteiger partial charge in [-0.15, -0.1) is 0 Å². The topological polar surface area (TPSA) is 60.7 Å². The predicted octanol–water partition coefficient (Wildman–Crippen LogP) is 6.11. The minimum Gasteiger partial charge on any atom is -0.393 e. The summed E-state index contributed by atoms with van der Waals surface area (Å²) in [6, 6.07) is 0. The Kier molecular flexibility index (Phi) is 8.57. The van der Waals surface area contributed by atoms with Crippen molar-refractivity contribution in [3.8, 4) is 0 Å². The van der Waals surface area contributed by atoms with Crippen molar-refractivity contribution in [3.05, 3.63) is 47.1 Å². The molecule has 3 rings (SSSR count). The zero-order valence-corrected chi connectivity index (χ0v) is 21.4. The summed E-state index contributed by atoms with van der Waals surface area (Å²) < 4.78 is 0. The van der Waals surface area contributed by atoms with Crippen LogP contribution in [0.5, 0.6) is 0 Å². The van der Waals surface area contributed by atoms with Crippen molar-refractivity contribution in [1.82, 2.24) is 0 Å². The molecule has 0 aliphatic heterocycles. The maximum atomic E-state index is 10.1. The largest absolute Gasteiger partial charge is 0.393 e. The summed E-state index contributed by atoms with van der Waals surface area (Å²) in [4.78, 5) is 0. The third-order valence-corrected chi connectivity index (χ3v) is 9.14. The quantitative estimate of drug-likeness (QED) is 0.302. The monoisotopic (exact) mass is 460 g/mol. The predicted molar refractivity (Wildman–Crippen MR) is 137 cm³/mol. The molecular formula is C28H44O3S. The fraction of sp³-hybridized carbons (Fsp3) is 0.714. The van der Waals surface area contributed by atoms with Crippen molar-refractivity contribution in [2.24, 2.45) is 11.3 Å². The van der Waals surface area contributed by atoms with Gasteiger partial charge >= 0.3 is 0 Å². The van der Waals surface area contributed by atoms with E-state index >= 15 is 0 Å². The summed E-state index contributed by atoms with van der Waals surface area (Å²) in [6.07, 6.45) is 14.6. The SMILES string of the molecule is C=C1C(=CC=C2CCC[C@]3(C)C([C@@H](C)SCCCCC(C)(C)O)=CC[C@@H]23)C[C@@H](O)C[C@@H]1O. The molecule has 0 amide bonds. The van der Waals surface area contributed by atoms with Gasteiger partial charge in [0.2, 0.25) is 0 Å². The number of thioether (sulfide) groups is 1. The van der Waals surface area contributed by atoms with E-state index in [2.05, 4.69) is 50.4 Å². The van der Waals surface area contributed by atoms with Gasteiger partial charge < -0.3 is 15.3 Å². The molecule has 0 unspecified atom stereocenters. The maximum absolute atomic E-state index is 10.1. The number of hydrogen-bond donors (Lipinski definition) is 3. The van der Waals surface area contributed by atoms with Gasteiger partial charge in [0.15, 0.2) is 0 Å². The molecule has 0 spiro atoms. The Balaban J connectivity index is 1.62. The lowest BCUT2D eigenvalue weighted by Crippen LogP contribution is -2.33. The first-order chi connectivity index (χ1) is 15.0. The summed E-state index contributed by atoms with van der Waals surface area (Å²) in [5.41, 5.74) is 4.60. The van der Waals surface area contributed by atoms with Crippen molar-refractivity contribution in [2.75, 3.05) is 5.75 Å². The number of allylic oxidation sites excluding steroid dienone is 4. The maximum Gasteiger partial charge on any atom is 0.0811 e. The highest BCUT2D eigenvalue weighted by molar-refractivity contribution is 8.00. The molecule has 32 heavy (non-hydrogen) atoms. The molecule has 0 bridgehead atoms.